The van der Waals surface area contributed by atoms with Gasteiger partial charge < -0.3 is 15.2 Å². The van der Waals surface area contributed by atoms with Crippen LogP contribution in [0.5, 0.6) is 5.75 Å². The molecule has 1 aromatic carbocycles. The van der Waals surface area contributed by atoms with E-state index in [0.29, 0.717) is 12.5 Å². The second-order valence-electron chi connectivity index (χ2n) is 9.31. The third-order valence-electron chi connectivity index (χ3n) is 7.04. The van der Waals surface area contributed by atoms with Crippen molar-refractivity contribution in [2.75, 3.05) is 18.5 Å². The third kappa shape index (κ3) is 4.97. The molecule has 174 valence electrons. The van der Waals surface area contributed by atoms with Crippen LogP contribution in [0.25, 0.3) is 10.9 Å². The summed E-state index contributed by atoms with van der Waals surface area (Å²) < 4.78 is 7.96. The molecular weight excluding hydrogens is 416 g/mol. The maximum atomic E-state index is 11.6. The quantitative estimate of drug-likeness (QED) is 0.504. The number of aryl methyl sites for hydroxylation is 1. The van der Waals surface area contributed by atoms with E-state index in [0.717, 1.165) is 66.8 Å². The molecule has 0 amide bonds. The summed E-state index contributed by atoms with van der Waals surface area (Å²) in [6, 6.07) is 10.1. The number of aromatic nitrogens is 3. The van der Waals surface area contributed by atoms with Gasteiger partial charge in [-0.2, -0.15) is 5.10 Å². The Balaban J connectivity index is 1.27. The van der Waals surface area contributed by atoms with Gasteiger partial charge in [-0.05, 0) is 61.4 Å². The van der Waals surface area contributed by atoms with E-state index in [9.17, 15) is 9.90 Å². The van der Waals surface area contributed by atoms with Crippen molar-refractivity contribution in [2.45, 2.75) is 63.8 Å². The number of ether oxygens (including phenoxy) is 1. The molecule has 7 heteroatoms. The predicted octanol–water partition coefficient (Wildman–Crippen LogP) is 5.01. The number of fused-ring (bicyclic) bond motifs is 2. The highest BCUT2D eigenvalue weighted by atomic mass is 16.5. The van der Waals surface area contributed by atoms with E-state index in [1.165, 1.54) is 24.8 Å². The topological polar surface area (TPSA) is 89.3 Å². The number of hydrogen-bond acceptors (Lipinski definition) is 5. The molecule has 1 atom stereocenters. The molecule has 1 unspecified atom stereocenters. The summed E-state index contributed by atoms with van der Waals surface area (Å²) in [5.41, 5.74) is 3.30. The molecule has 0 bridgehead atoms. The average molecular weight is 449 g/mol. The van der Waals surface area contributed by atoms with Crippen molar-refractivity contribution in [1.82, 2.24) is 14.8 Å². The molecule has 0 spiro atoms. The molecule has 0 radical (unpaired) electrons. The molecule has 2 aromatic heterocycles. The van der Waals surface area contributed by atoms with Crippen molar-refractivity contribution in [3.05, 3.63) is 47.8 Å². The van der Waals surface area contributed by atoms with Crippen LogP contribution < -0.4 is 10.1 Å². The van der Waals surface area contributed by atoms with Crippen LogP contribution in [-0.2, 0) is 17.6 Å². The molecule has 1 aliphatic heterocycles. The summed E-state index contributed by atoms with van der Waals surface area (Å²) in [6.45, 7) is 1.54. The van der Waals surface area contributed by atoms with Gasteiger partial charge in [0.2, 0.25) is 0 Å². The van der Waals surface area contributed by atoms with Crippen molar-refractivity contribution < 1.29 is 14.6 Å². The third-order valence-corrected chi connectivity index (χ3v) is 7.04. The molecule has 5 rings (SSSR count). The van der Waals surface area contributed by atoms with E-state index in [4.69, 9.17) is 9.72 Å². The van der Waals surface area contributed by atoms with Gasteiger partial charge in [-0.15, -0.1) is 0 Å². The number of nitrogens with zero attached hydrogens (tertiary/aromatic N) is 3. The minimum Gasteiger partial charge on any atom is -0.493 e. The number of pyridine rings is 1. The van der Waals surface area contributed by atoms with Crippen molar-refractivity contribution in [3.63, 3.8) is 0 Å². The number of carboxylic acid groups (broad SMARTS) is 1. The number of aliphatic carboxylic acids is 1. The van der Waals surface area contributed by atoms with E-state index in [-0.39, 0.29) is 12.5 Å². The molecule has 33 heavy (non-hydrogen) atoms. The molecule has 1 aliphatic carbocycles. The monoisotopic (exact) mass is 448 g/mol. The molecule has 2 N–H and O–H groups in total. The first-order valence-electron chi connectivity index (χ1n) is 12.2. The first kappa shape index (κ1) is 21.7. The Hall–Kier alpha value is -3.09. The van der Waals surface area contributed by atoms with Gasteiger partial charge in [-0.3, -0.25) is 9.48 Å². The van der Waals surface area contributed by atoms with Crippen molar-refractivity contribution in [2.24, 2.45) is 5.92 Å². The highest BCUT2D eigenvalue weighted by Gasteiger charge is 2.28. The lowest BCUT2D eigenvalue weighted by molar-refractivity contribution is -0.138. The van der Waals surface area contributed by atoms with E-state index in [1.54, 1.807) is 0 Å². The summed E-state index contributed by atoms with van der Waals surface area (Å²) in [7, 11) is 0. The number of nitrogens with one attached hydrogen (secondary N) is 1. The van der Waals surface area contributed by atoms with Crippen LogP contribution in [0.1, 0.15) is 62.2 Å². The Kier molecular flexibility index (Phi) is 6.46. The Bertz CT molecular complexity index is 1120. The largest absolute Gasteiger partial charge is 0.493 e. The highest BCUT2D eigenvalue weighted by molar-refractivity contribution is 5.80. The lowest BCUT2D eigenvalue weighted by Gasteiger charge is -2.30. The molecule has 1 saturated carbocycles. The maximum Gasteiger partial charge on any atom is 0.305 e. The van der Waals surface area contributed by atoms with Crippen LogP contribution in [0.3, 0.4) is 0 Å². The second-order valence-corrected chi connectivity index (χ2v) is 9.31. The zero-order valence-corrected chi connectivity index (χ0v) is 19.0. The zero-order valence-electron chi connectivity index (χ0n) is 19.0. The van der Waals surface area contributed by atoms with Gasteiger partial charge in [0.25, 0.3) is 0 Å². The van der Waals surface area contributed by atoms with Crippen LogP contribution >= 0.6 is 0 Å². The zero-order chi connectivity index (χ0) is 22.6. The summed E-state index contributed by atoms with van der Waals surface area (Å²) in [4.78, 5) is 16.3. The lowest BCUT2D eigenvalue weighted by atomic mass is 9.82. The lowest BCUT2D eigenvalue weighted by Crippen LogP contribution is -2.25. The van der Waals surface area contributed by atoms with Gasteiger partial charge >= 0.3 is 5.97 Å². The SMILES string of the molecule is O=C(O)CC(C1CCCCC1)n1ncc2cc(OCCc3ccc4c(n3)NCCC4)ccc21. The summed E-state index contributed by atoms with van der Waals surface area (Å²) in [6.07, 6.45) is 10.7. The van der Waals surface area contributed by atoms with Gasteiger partial charge in [0.1, 0.15) is 11.6 Å². The number of anilines is 1. The van der Waals surface area contributed by atoms with Crippen molar-refractivity contribution in [3.8, 4) is 5.75 Å². The Labute approximate surface area is 194 Å². The van der Waals surface area contributed by atoms with E-state index >= 15 is 0 Å². The Morgan fingerprint density at radius 1 is 1.18 bits per heavy atom. The Morgan fingerprint density at radius 3 is 2.91 bits per heavy atom. The van der Waals surface area contributed by atoms with E-state index < -0.39 is 5.97 Å². The highest BCUT2D eigenvalue weighted by Crippen LogP contribution is 2.36. The van der Waals surface area contributed by atoms with Gasteiger partial charge in [0, 0.05) is 24.0 Å². The molecule has 2 aliphatic rings. The number of carboxylic acids is 1. The first-order valence-corrected chi connectivity index (χ1v) is 12.2. The fourth-order valence-electron chi connectivity index (χ4n) is 5.32. The van der Waals surface area contributed by atoms with E-state index in [2.05, 4.69) is 22.5 Å². The van der Waals surface area contributed by atoms with Crippen LogP contribution in [0.15, 0.2) is 36.5 Å². The minimum atomic E-state index is -0.764. The van der Waals surface area contributed by atoms with E-state index in [1.807, 2.05) is 29.1 Å². The first-order chi connectivity index (χ1) is 16.2. The van der Waals surface area contributed by atoms with Gasteiger partial charge in [0.15, 0.2) is 0 Å². The summed E-state index contributed by atoms with van der Waals surface area (Å²) in [5.74, 6) is 1.42. The second kappa shape index (κ2) is 9.81. The predicted molar refractivity (Wildman–Crippen MR) is 128 cm³/mol. The normalized spacial score (nSPS) is 17.3. The van der Waals surface area contributed by atoms with Crippen LogP contribution in [-0.4, -0.2) is 39.0 Å². The number of carbonyl (C=O) groups is 1. The fourth-order valence-corrected chi connectivity index (χ4v) is 5.32. The Morgan fingerprint density at radius 2 is 2.06 bits per heavy atom. The molecule has 7 nitrogen and oxygen atoms in total. The molecule has 1 fully saturated rings. The van der Waals surface area contributed by atoms with Gasteiger partial charge in [-0.1, -0.05) is 25.3 Å². The van der Waals surface area contributed by atoms with Crippen LogP contribution in [0.2, 0.25) is 0 Å². The molecule has 3 heterocycles. The van der Waals surface area contributed by atoms with Gasteiger partial charge in [-0.25, -0.2) is 4.98 Å². The average Bonchev–Trinajstić information content (AvgIpc) is 3.26. The number of hydrogen-bond donors (Lipinski definition) is 2. The smallest absolute Gasteiger partial charge is 0.305 e. The summed E-state index contributed by atoms with van der Waals surface area (Å²) in [5, 5.41) is 18.5. The van der Waals surface area contributed by atoms with Crippen LogP contribution in [0.4, 0.5) is 5.82 Å². The minimum absolute atomic E-state index is 0.101. The molecular formula is C26H32N4O3. The fraction of sp³-hybridized carbons (Fsp3) is 0.500. The summed E-state index contributed by atoms with van der Waals surface area (Å²) >= 11 is 0. The van der Waals surface area contributed by atoms with Crippen LogP contribution in [0, 0.1) is 5.92 Å². The number of benzene rings is 1. The standard InChI is InChI=1S/C26H32N4O3/c31-25(32)16-24(18-5-2-1-3-6-18)30-23-11-10-22(15-20(23)17-28-30)33-14-12-21-9-8-19-7-4-13-27-26(19)29-21/h8-11,15,17-18,24H,1-7,12-14,16H2,(H,27,29)(H,31,32). The van der Waals surface area contributed by atoms with Crippen molar-refractivity contribution in [1.29, 1.82) is 0 Å². The number of rotatable bonds is 8. The molecule has 3 aromatic rings. The van der Waals surface area contributed by atoms with Crippen molar-refractivity contribution >= 4 is 22.7 Å². The van der Waals surface area contributed by atoms with Gasteiger partial charge in [0.05, 0.1) is 30.8 Å². The maximum absolute atomic E-state index is 11.6. The molecule has 0 saturated heterocycles.